The fourth-order valence-corrected chi connectivity index (χ4v) is 2.41. The summed E-state index contributed by atoms with van der Waals surface area (Å²) in [5.41, 5.74) is 8.17. The predicted octanol–water partition coefficient (Wildman–Crippen LogP) is 2.43. The lowest BCUT2D eigenvalue weighted by Crippen LogP contribution is -2.42. The molecular weight excluding hydrogens is 240 g/mol. The molecule has 0 spiro atoms. The van der Waals surface area contributed by atoms with E-state index in [4.69, 9.17) is 15.2 Å². The Balaban J connectivity index is 3.19. The van der Waals surface area contributed by atoms with Crippen molar-refractivity contribution in [3.05, 3.63) is 17.7 Å². The molecule has 0 aliphatic carbocycles. The van der Waals surface area contributed by atoms with E-state index < -0.39 is 0 Å². The highest BCUT2D eigenvalue weighted by Gasteiger charge is 2.20. The molecular formula is C15H26N2O2. The second-order valence-electron chi connectivity index (χ2n) is 5.15. The van der Waals surface area contributed by atoms with Gasteiger partial charge < -0.3 is 20.1 Å². The highest BCUT2D eigenvalue weighted by molar-refractivity contribution is 5.61. The van der Waals surface area contributed by atoms with Crippen molar-refractivity contribution in [3.8, 4) is 11.5 Å². The van der Waals surface area contributed by atoms with Gasteiger partial charge in [0.05, 0.1) is 14.2 Å². The normalized spacial score (nSPS) is 12.4. The van der Waals surface area contributed by atoms with Crippen LogP contribution in [0.3, 0.4) is 0 Å². The quantitative estimate of drug-likeness (QED) is 0.859. The Morgan fingerprint density at radius 1 is 1.16 bits per heavy atom. The van der Waals surface area contributed by atoms with E-state index in [0.29, 0.717) is 18.5 Å². The third kappa shape index (κ3) is 3.32. The standard InChI is InChI=1S/C15H26N2O2/c1-10(2)13(9-16)17(4)12-8-15(19-6)14(18-5)7-11(12)3/h7-8,10,13H,9,16H2,1-6H3. The maximum Gasteiger partial charge on any atom is 0.162 e. The van der Waals surface area contributed by atoms with Crippen LogP contribution >= 0.6 is 0 Å². The zero-order valence-corrected chi connectivity index (χ0v) is 12.9. The average molecular weight is 266 g/mol. The van der Waals surface area contributed by atoms with Crippen LogP contribution in [0.2, 0.25) is 0 Å². The molecule has 0 aliphatic rings. The van der Waals surface area contributed by atoms with E-state index in [1.165, 1.54) is 0 Å². The molecule has 4 heteroatoms. The van der Waals surface area contributed by atoms with Gasteiger partial charge in [0.25, 0.3) is 0 Å². The van der Waals surface area contributed by atoms with Crippen LogP contribution in [0.5, 0.6) is 11.5 Å². The molecule has 0 amide bonds. The van der Waals surface area contributed by atoms with Crippen molar-refractivity contribution in [1.82, 2.24) is 0 Å². The van der Waals surface area contributed by atoms with Crippen LogP contribution in [0, 0.1) is 12.8 Å². The van der Waals surface area contributed by atoms with E-state index in [1.54, 1.807) is 14.2 Å². The summed E-state index contributed by atoms with van der Waals surface area (Å²) in [5, 5.41) is 0. The third-order valence-corrected chi connectivity index (χ3v) is 3.59. The Labute approximate surface area is 116 Å². The minimum atomic E-state index is 0.303. The number of likely N-dealkylation sites (N-methyl/N-ethyl adjacent to an activating group) is 1. The van der Waals surface area contributed by atoms with Crippen molar-refractivity contribution in [1.29, 1.82) is 0 Å². The summed E-state index contributed by atoms with van der Waals surface area (Å²) in [6.45, 7) is 7.07. The topological polar surface area (TPSA) is 47.7 Å². The van der Waals surface area contributed by atoms with Crippen molar-refractivity contribution >= 4 is 5.69 Å². The van der Waals surface area contributed by atoms with Crippen LogP contribution in [0.15, 0.2) is 12.1 Å². The zero-order chi connectivity index (χ0) is 14.6. The Kier molecular flexibility index (Phi) is 5.48. The highest BCUT2D eigenvalue weighted by Crippen LogP contribution is 2.35. The number of nitrogens with zero attached hydrogens (tertiary/aromatic N) is 1. The van der Waals surface area contributed by atoms with Gasteiger partial charge in [0.2, 0.25) is 0 Å². The number of benzene rings is 1. The van der Waals surface area contributed by atoms with Gasteiger partial charge in [-0.2, -0.15) is 0 Å². The molecule has 1 atom stereocenters. The van der Waals surface area contributed by atoms with Gasteiger partial charge in [0.1, 0.15) is 0 Å². The third-order valence-electron chi connectivity index (χ3n) is 3.59. The van der Waals surface area contributed by atoms with E-state index >= 15 is 0 Å². The van der Waals surface area contributed by atoms with Crippen molar-refractivity contribution < 1.29 is 9.47 Å². The lowest BCUT2D eigenvalue weighted by molar-refractivity contribution is 0.354. The molecule has 0 bridgehead atoms. The van der Waals surface area contributed by atoms with Crippen LogP contribution in [-0.4, -0.2) is 33.9 Å². The number of hydrogen-bond acceptors (Lipinski definition) is 4. The van der Waals surface area contributed by atoms with Gasteiger partial charge in [-0.05, 0) is 24.5 Å². The first-order valence-electron chi connectivity index (χ1n) is 6.61. The van der Waals surface area contributed by atoms with E-state index in [2.05, 4.69) is 32.7 Å². The summed E-state index contributed by atoms with van der Waals surface area (Å²) in [6, 6.07) is 4.31. The van der Waals surface area contributed by atoms with Gasteiger partial charge in [-0.15, -0.1) is 0 Å². The van der Waals surface area contributed by atoms with Gasteiger partial charge in [-0.1, -0.05) is 13.8 Å². The molecule has 1 rings (SSSR count). The van der Waals surface area contributed by atoms with Crippen molar-refractivity contribution in [3.63, 3.8) is 0 Å². The van der Waals surface area contributed by atoms with E-state index in [0.717, 1.165) is 22.7 Å². The Bertz CT molecular complexity index is 419. The Morgan fingerprint density at radius 2 is 1.68 bits per heavy atom. The number of aryl methyl sites for hydroxylation is 1. The fourth-order valence-electron chi connectivity index (χ4n) is 2.41. The molecule has 1 aromatic rings. The predicted molar refractivity (Wildman–Crippen MR) is 80.4 cm³/mol. The van der Waals surface area contributed by atoms with Crippen molar-refractivity contribution in [2.45, 2.75) is 26.8 Å². The smallest absolute Gasteiger partial charge is 0.162 e. The fraction of sp³-hybridized carbons (Fsp3) is 0.600. The van der Waals surface area contributed by atoms with Crippen LogP contribution < -0.4 is 20.1 Å². The Morgan fingerprint density at radius 3 is 2.11 bits per heavy atom. The van der Waals surface area contributed by atoms with Crippen LogP contribution in [0.25, 0.3) is 0 Å². The molecule has 0 fully saturated rings. The molecule has 0 aromatic heterocycles. The van der Waals surface area contributed by atoms with Crippen LogP contribution in [0.4, 0.5) is 5.69 Å². The lowest BCUT2D eigenvalue weighted by atomic mass is 10.0. The summed E-state index contributed by atoms with van der Waals surface area (Å²) in [4.78, 5) is 2.22. The number of ether oxygens (including phenoxy) is 2. The summed E-state index contributed by atoms with van der Waals surface area (Å²) in [7, 11) is 5.38. The first-order chi connectivity index (χ1) is 8.96. The number of rotatable bonds is 6. The van der Waals surface area contributed by atoms with E-state index in [-0.39, 0.29) is 0 Å². The SMILES string of the molecule is COc1cc(C)c(N(C)C(CN)C(C)C)cc1OC. The van der Waals surface area contributed by atoms with Crippen LogP contribution in [-0.2, 0) is 0 Å². The van der Waals surface area contributed by atoms with Gasteiger partial charge in [0.15, 0.2) is 11.5 Å². The number of anilines is 1. The van der Waals surface area contributed by atoms with E-state index in [1.807, 2.05) is 12.1 Å². The first kappa shape index (κ1) is 15.6. The molecule has 2 N–H and O–H groups in total. The molecule has 1 aromatic carbocycles. The molecule has 0 heterocycles. The maximum atomic E-state index is 5.89. The highest BCUT2D eigenvalue weighted by atomic mass is 16.5. The summed E-state index contributed by atoms with van der Waals surface area (Å²) >= 11 is 0. The van der Waals surface area contributed by atoms with Crippen molar-refractivity contribution in [2.24, 2.45) is 11.7 Å². The molecule has 0 aliphatic heterocycles. The summed E-state index contributed by atoms with van der Waals surface area (Å²) in [5.74, 6) is 1.99. The number of hydrogen-bond donors (Lipinski definition) is 1. The minimum Gasteiger partial charge on any atom is -0.493 e. The molecule has 1 unspecified atom stereocenters. The Hall–Kier alpha value is -1.42. The second-order valence-corrected chi connectivity index (χ2v) is 5.15. The summed E-state index contributed by atoms with van der Waals surface area (Å²) < 4.78 is 10.7. The molecule has 0 saturated heterocycles. The minimum absolute atomic E-state index is 0.303. The average Bonchev–Trinajstić information content (AvgIpc) is 2.38. The summed E-state index contributed by atoms with van der Waals surface area (Å²) in [6.07, 6.45) is 0. The molecule has 19 heavy (non-hydrogen) atoms. The number of nitrogens with two attached hydrogens (primary N) is 1. The van der Waals surface area contributed by atoms with Gasteiger partial charge >= 0.3 is 0 Å². The largest absolute Gasteiger partial charge is 0.493 e. The monoisotopic (exact) mass is 266 g/mol. The maximum absolute atomic E-state index is 5.89. The van der Waals surface area contributed by atoms with Gasteiger partial charge in [0, 0.05) is 31.4 Å². The molecule has 0 radical (unpaired) electrons. The molecule has 0 saturated carbocycles. The molecule has 4 nitrogen and oxygen atoms in total. The second kappa shape index (κ2) is 6.66. The van der Waals surface area contributed by atoms with Gasteiger partial charge in [-0.25, -0.2) is 0 Å². The number of methoxy groups -OCH3 is 2. The van der Waals surface area contributed by atoms with Crippen molar-refractivity contribution in [2.75, 3.05) is 32.7 Å². The lowest BCUT2D eigenvalue weighted by Gasteiger charge is -2.33. The van der Waals surface area contributed by atoms with Gasteiger partial charge in [-0.3, -0.25) is 0 Å². The zero-order valence-electron chi connectivity index (χ0n) is 12.9. The first-order valence-corrected chi connectivity index (χ1v) is 6.61. The van der Waals surface area contributed by atoms with E-state index in [9.17, 15) is 0 Å². The molecule has 108 valence electrons. The van der Waals surface area contributed by atoms with Crippen LogP contribution in [0.1, 0.15) is 19.4 Å².